The van der Waals surface area contributed by atoms with E-state index in [0.717, 1.165) is 42.0 Å². The lowest BCUT2D eigenvalue weighted by Crippen LogP contribution is -2.45. The fourth-order valence-electron chi connectivity index (χ4n) is 4.77. The number of imidazole rings is 1. The molecule has 7 nitrogen and oxygen atoms in total. The molecule has 1 atom stereocenters. The number of rotatable bonds is 8. The molecule has 5 rings (SSSR count). The van der Waals surface area contributed by atoms with Crippen LogP contribution in [-0.2, 0) is 29.4 Å². The van der Waals surface area contributed by atoms with Crippen molar-refractivity contribution in [2.75, 3.05) is 18.0 Å². The molecular weight excluding hydrogens is 490 g/mol. The van der Waals surface area contributed by atoms with E-state index in [9.17, 15) is 13.7 Å². The molecule has 1 aliphatic heterocycles. The van der Waals surface area contributed by atoms with Crippen LogP contribution in [0.2, 0.25) is 0 Å². The summed E-state index contributed by atoms with van der Waals surface area (Å²) in [6.07, 6.45) is 5.84. The summed E-state index contributed by atoms with van der Waals surface area (Å²) < 4.78 is 29.7. The van der Waals surface area contributed by atoms with Gasteiger partial charge in [0.2, 0.25) is 0 Å². The number of aromatic amines is 1. The van der Waals surface area contributed by atoms with E-state index in [1.165, 1.54) is 11.3 Å². The number of anilines is 1. The maximum atomic E-state index is 13.9. The van der Waals surface area contributed by atoms with Gasteiger partial charge in [0, 0.05) is 50.2 Å². The van der Waals surface area contributed by atoms with Gasteiger partial charge in [-0.3, -0.25) is 0 Å². The van der Waals surface area contributed by atoms with Crippen molar-refractivity contribution in [3.05, 3.63) is 101 Å². The van der Waals surface area contributed by atoms with Gasteiger partial charge in [0.1, 0.15) is 10.0 Å². The molecule has 2 aromatic carbocycles. The highest BCUT2D eigenvalue weighted by molar-refractivity contribution is 7.91. The van der Waals surface area contributed by atoms with E-state index in [2.05, 4.69) is 20.9 Å². The zero-order chi connectivity index (χ0) is 25.0. The molecular formula is C27H27N5O2S2. The second-order valence-corrected chi connectivity index (χ2v) is 11.9. The largest absolute Gasteiger partial charge is 0.370 e. The minimum absolute atomic E-state index is 0.220. The van der Waals surface area contributed by atoms with Crippen LogP contribution in [0, 0.1) is 11.3 Å². The van der Waals surface area contributed by atoms with E-state index in [1.54, 1.807) is 28.0 Å². The van der Waals surface area contributed by atoms with Gasteiger partial charge < -0.3 is 9.88 Å². The Morgan fingerprint density at radius 1 is 1.14 bits per heavy atom. The highest BCUT2D eigenvalue weighted by Gasteiger charge is 2.37. The van der Waals surface area contributed by atoms with Crippen LogP contribution in [0.25, 0.3) is 0 Å². The first-order valence-electron chi connectivity index (χ1n) is 11.9. The summed E-state index contributed by atoms with van der Waals surface area (Å²) in [5.41, 5.74) is 3.45. The third-order valence-electron chi connectivity index (χ3n) is 6.48. The summed E-state index contributed by atoms with van der Waals surface area (Å²) in [5.74, 6) is 0.938. The van der Waals surface area contributed by atoms with E-state index in [4.69, 9.17) is 0 Å². The minimum Gasteiger partial charge on any atom is -0.370 e. The zero-order valence-electron chi connectivity index (χ0n) is 19.7. The standard InChI is InChI=1S/C27H27N5O2S2/c28-18-22-10-11-25-23(16-22)19-32(36(33,34)27-9-5-15-35-27)24(17-21-6-2-1-3-7-21)20-31(25)14-4-8-26-29-12-13-30-26/h1-3,5-7,9-13,15-16,24H,4,8,14,17,19-20H2,(H,29,30)/t24-/m1/s1. The number of benzene rings is 2. The average Bonchev–Trinajstić information content (AvgIpc) is 3.60. The molecule has 3 heterocycles. The zero-order valence-corrected chi connectivity index (χ0v) is 21.4. The number of hydrogen-bond acceptors (Lipinski definition) is 6. The van der Waals surface area contributed by atoms with Gasteiger partial charge in [-0.15, -0.1) is 11.3 Å². The molecule has 1 N–H and O–H groups in total. The number of aromatic nitrogens is 2. The normalized spacial score (nSPS) is 16.3. The number of thiophene rings is 1. The summed E-state index contributed by atoms with van der Waals surface area (Å²) in [4.78, 5) is 9.76. The topological polar surface area (TPSA) is 93.1 Å². The Bertz CT molecular complexity index is 1430. The Kier molecular flexibility index (Phi) is 7.18. The van der Waals surface area contributed by atoms with Crippen molar-refractivity contribution in [3.63, 3.8) is 0 Å². The molecule has 1 aliphatic rings. The molecule has 0 fully saturated rings. The molecule has 184 valence electrons. The molecule has 2 aromatic heterocycles. The SMILES string of the molecule is N#Cc1ccc2c(c1)CN(S(=O)(=O)c1cccs1)[C@H](Cc1ccccc1)CN2CCCc1ncc[nH]1. The van der Waals surface area contributed by atoms with Crippen LogP contribution in [0.15, 0.2) is 82.6 Å². The van der Waals surface area contributed by atoms with Gasteiger partial charge in [-0.1, -0.05) is 36.4 Å². The smallest absolute Gasteiger partial charge is 0.253 e. The van der Waals surface area contributed by atoms with E-state index < -0.39 is 10.0 Å². The second-order valence-electron chi connectivity index (χ2n) is 8.87. The third kappa shape index (κ3) is 5.21. The number of hydrogen-bond donors (Lipinski definition) is 1. The Morgan fingerprint density at radius 2 is 2.00 bits per heavy atom. The summed E-state index contributed by atoms with van der Waals surface area (Å²) in [6, 6.07) is 21.0. The second kappa shape index (κ2) is 10.7. The van der Waals surface area contributed by atoms with Crippen molar-refractivity contribution < 1.29 is 8.42 Å². The number of H-pyrrole nitrogens is 1. The Morgan fingerprint density at radius 3 is 2.72 bits per heavy atom. The molecule has 0 radical (unpaired) electrons. The molecule has 9 heteroatoms. The fourth-order valence-corrected chi connectivity index (χ4v) is 7.49. The lowest BCUT2D eigenvalue weighted by atomic mass is 10.1. The Balaban J connectivity index is 1.53. The van der Waals surface area contributed by atoms with E-state index in [1.807, 2.05) is 54.7 Å². The number of sulfonamides is 1. The molecule has 0 bridgehead atoms. The van der Waals surface area contributed by atoms with Gasteiger partial charge in [-0.25, -0.2) is 13.4 Å². The first-order chi connectivity index (χ1) is 17.5. The van der Waals surface area contributed by atoms with Gasteiger partial charge >= 0.3 is 0 Å². The maximum Gasteiger partial charge on any atom is 0.253 e. The fraction of sp³-hybridized carbons (Fsp3) is 0.259. The molecule has 0 spiro atoms. The Hall–Kier alpha value is -3.45. The van der Waals surface area contributed by atoms with Gasteiger partial charge in [-0.05, 0) is 53.6 Å². The lowest BCUT2D eigenvalue weighted by molar-refractivity contribution is 0.319. The predicted octanol–water partition coefficient (Wildman–Crippen LogP) is 4.60. The van der Waals surface area contributed by atoms with Crippen molar-refractivity contribution >= 4 is 27.0 Å². The molecule has 0 amide bonds. The van der Waals surface area contributed by atoms with Crippen LogP contribution < -0.4 is 4.90 Å². The van der Waals surface area contributed by atoms with Crippen LogP contribution >= 0.6 is 11.3 Å². The highest BCUT2D eigenvalue weighted by atomic mass is 32.2. The van der Waals surface area contributed by atoms with Crippen molar-refractivity contribution in [1.82, 2.24) is 14.3 Å². The van der Waals surface area contributed by atoms with Gasteiger partial charge in [0.15, 0.2) is 0 Å². The monoisotopic (exact) mass is 517 g/mol. The summed E-state index contributed by atoms with van der Waals surface area (Å²) in [5, 5.41) is 11.3. The summed E-state index contributed by atoms with van der Waals surface area (Å²) in [7, 11) is -3.73. The first-order valence-corrected chi connectivity index (χ1v) is 14.2. The summed E-state index contributed by atoms with van der Waals surface area (Å²) >= 11 is 1.23. The summed E-state index contributed by atoms with van der Waals surface area (Å²) in [6.45, 7) is 1.52. The van der Waals surface area contributed by atoms with Crippen LogP contribution in [0.1, 0.15) is 28.9 Å². The van der Waals surface area contributed by atoms with Crippen molar-refractivity contribution in [3.8, 4) is 6.07 Å². The van der Waals surface area contributed by atoms with Gasteiger partial charge in [0.25, 0.3) is 10.0 Å². The number of aryl methyl sites for hydroxylation is 1. The quantitative estimate of drug-likeness (QED) is 0.369. The van der Waals surface area contributed by atoms with Gasteiger partial charge in [-0.2, -0.15) is 9.57 Å². The first kappa shape index (κ1) is 24.3. The molecule has 0 aliphatic carbocycles. The molecule has 0 saturated carbocycles. The third-order valence-corrected chi connectivity index (χ3v) is 9.75. The van der Waals surface area contributed by atoms with Crippen LogP contribution in [0.3, 0.4) is 0 Å². The van der Waals surface area contributed by atoms with Gasteiger partial charge in [0.05, 0.1) is 11.6 Å². The average molecular weight is 518 g/mol. The Labute approximate surface area is 215 Å². The van der Waals surface area contributed by atoms with E-state index >= 15 is 0 Å². The predicted molar refractivity (Wildman–Crippen MR) is 141 cm³/mol. The lowest BCUT2D eigenvalue weighted by Gasteiger charge is -2.32. The highest BCUT2D eigenvalue weighted by Crippen LogP contribution is 2.34. The van der Waals surface area contributed by atoms with Crippen LogP contribution in [-0.4, -0.2) is 41.8 Å². The molecule has 0 unspecified atom stereocenters. The van der Waals surface area contributed by atoms with E-state index in [-0.39, 0.29) is 12.6 Å². The van der Waals surface area contributed by atoms with Crippen LogP contribution in [0.4, 0.5) is 5.69 Å². The van der Waals surface area contributed by atoms with Crippen molar-refractivity contribution in [1.29, 1.82) is 5.26 Å². The molecule has 36 heavy (non-hydrogen) atoms. The number of fused-ring (bicyclic) bond motifs is 1. The number of nitriles is 1. The van der Waals surface area contributed by atoms with Crippen molar-refractivity contribution in [2.45, 2.75) is 36.1 Å². The maximum absolute atomic E-state index is 13.9. The minimum atomic E-state index is -3.73. The van der Waals surface area contributed by atoms with E-state index in [0.29, 0.717) is 22.7 Å². The number of nitrogens with one attached hydrogen (secondary N) is 1. The van der Waals surface area contributed by atoms with Crippen LogP contribution in [0.5, 0.6) is 0 Å². The van der Waals surface area contributed by atoms with Crippen molar-refractivity contribution in [2.24, 2.45) is 0 Å². The molecule has 0 saturated heterocycles. The molecule has 4 aromatic rings. The number of nitrogens with zero attached hydrogens (tertiary/aromatic N) is 4.